The fourth-order valence-electron chi connectivity index (χ4n) is 5.04. The summed E-state index contributed by atoms with van der Waals surface area (Å²) in [6.07, 6.45) is 5.65. The molecule has 0 bridgehead atoms. The standard InChI is InChI=1S/C32H44N2O5/c1-6-7-8-9-10-15-20-34(5)30(36)28(21-29(35)39-32(2,3)4)33-31(37)38-22-27-25-18-13-11-16-23(25)24-17-12-14-19-26(24)27/h11-14,16-19,27-28H,6-10,15,20-22H2,1-5H3,(H,33,37). The molecule has 0 heterocycles. The van der Waals surface area contributed by atoms with Crippen molar-refractivity contribution in [1.82, 2.24) is 10.2 Å². The summed E-state index contributed by atoms with van der Waals surface area (Å²) in [4.78, 5) is 40.4. The van der Waals surface area contributed by atoms with E-state index < -0.39 is 23.7 Å². The van der Waals surface area contributed by atoms with E-state index in [1.165, 1.54) is 19.3 Å². The first kappa shape index (κ1) is 30.2. The van der Waals surface area contributed by atoms with Crippen LogP contribution in [0.3, 0.4) is 0 Å². The average Bonchev–Trinajstić information content (AvgIpc) is 3.21. The molecule has 212 valence electrons. The highest BCUT2D eigenvalue weighted by Crippen LogP contribution is 2.44. The monoisotopic (exact) mass is 536 g/mol. The first-order valence-corrected chi connectivity index (χ1v) is 14.2. The highest BCUT2D eigenvalue weighted by molar-refractivity contribution is 5.89. The number of benzene rings is 2. The Balaban J connectivity index is 1.63. The van der Waals surface area contributed by atoms with Crippen LogP contribution in [0.5, 0.6) is 0 Å². The molecule has 2 amide bonds. The van der Waals surface area contributed by atoms with Crippen LogP contribution >= 0.6 is 0 Å². The van der Waals surface area contributed by atoms with Gasteiger partial charge in [-0.15, -0.1) is 0 Å². The van der Waals surface area contributed by atoms with Crippen LogP contribution in [0.15, 0.2) is 48.5 Å². The molecular formula is C32H44N2O5. The summed E-state index contributed by atoms with van der Waals surface area (Å²) in [7, 11) is 1.70. The maximum Gasteiger partial charge on any atom is 0.407 e. The van der Waals surface area contributed by atoms with Gasteiger partial charge < -0.3 is 19.7 Å². The minimum atomic E-state index is -1.07. The topological polar surface area (TPSA) is 84.9 Å². The minimum absolute atomic E-state index is 0.0986. The van der Waals surface area contributed by atoms with Gasteiger partial charge in [0, 0.05) is 19.5 Å². The number of hydrogen-bond acceptors (Lipinski definition) is 5. The average molecular weight is 537 g/mol. The normalized spacial score (nSPS) is 13.3. The zero-order chi connectivity index (χ0) is 28.4. The molecule has 0 fully saturated rings. The molecule has 0 saturated heterocycles. The van der Waals surface area contributed by atoms with Crippen molar-refractivity contribution in [2.75, 3.05) is 20.2 Å². The Bertz CT molecular complexity index is 1080. The van der Waals surface area contributed by atoms with E-state index in [2.05, 4.69) is 24.4 Å². The number of esters is 1. The minimum Gasteiger partial charge on any atom is -0.460 e. The van der Waals surface area contributed by atoms with Crippen LogP contribution in [0.1, 0.15) is 89.7 Å². The molecule has 7 nitrogen and oxygen atoms in total. The van der Waals surface area contributed by atoms with Gasteiger partial charge >= 0.3 is 12.1 Å². The largest absolute Gasteiger partial charge is 0.460 e. The van der Waals surface area contributed by atoms with Crippen molar-refractivity contribution in [3.05, 3.63) is 59.7 Å². The lowest BCUT2D eigenvalue weighted by atomic mass is 9.98. The number of nitrogens with zero attached hydrogens (tertiary/aromatic N) is 1. The molecule has 2 aromatic carbocycles. The maximum absolute atomic E-state index is 13.3. The van der Waals surface area contributed by atoms with Crippen LogP contribution < -0.4 is 5.32 Å². The van der Waals surface area contributed by atoms with Crippen molar-refractivity contribution in [3.63, 3.8) is 0 Å². The SMILES string of the molecule is CCCCCCCCN(C)C(=O)C(CC(=O)OC(C)(C)C)NC(=O)OCC1c2ccccc2-c2ccccc21. The van der Waals surface area contributed by atoms with E-state index in [0.717, 1.165) is 41.5 Å². The van der Waals surface area contributed by atoms with E-state index in [1.54, 1.807) is 32.7 Å². The molecule has 0 radical (unpaired) electrons. The Hall–Kier alpha value is -3.35. The maximum atomic E-state index is 13.3. The molecule has 1 aliphatic carbocycles. The summed E-state index contributed by atoms with van der Waals surface area (Å²) < 4.78 is 11.1. The highest BCUT2D eigenvalue weighted by atomic mass is 16.6. The number of hydrogen-bond donors (Lipinski definition) is 1. The molecule has 7 heteroatoms. The predicted octanol–water partition coefficient (Wildman–Crippen LogP) is 6.44. The molecule has 1 N–H and O–H groups in total. The molecule has 3 rings (SSSR count). The second kappa shape index (κ2) is 14.2. The van der Waals surface area contributed by atoms with Gasteiger partial charge in [0.2, 0.25) is 5.91 Å². The zero-order valence-electron chi connectivity index (χ0n) is 24.1. The Morgan fingerprint density at radius 2 is 1.46 bits per heavy atom. The number of ether oxygens (including phenoxy) is 2. The second-order valence-corrected chi connectivity index (χ2v) is 11.3. The fraction of sp³-hybridized carbons (Fsp3) is 0.531. The lowest BCUT2D eigenvalue weighted by Gasteiger charge is -2.26. The molecule has 0 aliphatic heterocycles. The van der Waals surface area contributed by atoms with Gasteiger partial charge in [0.15, 0.2) is 0 Å². The fourth-order valence-corrected chi connectivity index (χ4v) is 5.04. The third kappa shape index (κ3) is 8.84. The first-order valence-electron chi connectivity index (χ1n) is 14.2. The summed E-state index contributed by atoms with van der Waals surface area (Å²) >= 11 is 0. The number of carbonyl (C=O) groups is 3. The van der Waals surface area contributed by atoms with E-state index in [9.17, 15) is 14.4 Å². The van der Waals surface area contributed by atoms with Crippen LogP contribution in [0.4, 0.5) is 4.79 Å². The van der Waals surface area contributed by atoms with Gasteiger partial charge in [0.1, 0.15) is 18.2 Å². The van der Waals surface area contributed by atoms with E-state index >= 15 is 0 Å². The van der Waals surface area contributed by atoms with Crippen LogP contribution in [0.2, 0.25) is 0 Å². The van der Waals surface area contributed by atoms with Crippen molar-refractivity contribution in [2.45, 2.75) is 90.2 Å². The molecule has 1 unspecified atom stereocenters. The number of unbranched alkanes of at least 4 members (excludes halogenated alkanes) is 5. The van der Waals surface area contributed by atoms with Crippen molar-refractivity contribution in [3.8, 4) is 11.1 Å². The van der Waals surface area contributed by atoms with Crippen LogP contribution in [-0.4, -0.2) is 54.7 Å². The third-order valence-electron chi connectivity index (χ3n) is 6.95. The van der Waals surface area contributed by atoms with Gasteiger partial charge in [-0.3, -0.25) is 9.59 Å². The van der Waals surface area contributed by atoms with Gasteiger partial charge in [-0.1, -0.05) is 87.6 Å². The lowest BCUT2D eigenvalue weighted by molar-refractivity contribution is -0.157. The van der Waals surface area contributed by atoms with Crippen molar-refractivity contribution in [1.29, 1.82) is 0 Å². The number of fused-ring (bicyclic) bond motifs is 3. The molecule has 0 saturated carbocycles. The quantitative estimate of drug-likeness (QED) is 0.235. The summed E-state index contributed by atoms with van der Waals surface area (Å²) in [5.74, 6) is -0.978. The molecular weight excluding hydrogens is 492 g/mol. The molecule has 0 aromatic heterocycles. The Morgan fingerprint density at radius 3 is 2.05 bits per heavy atom. The number of amides is 2. The van der Waals surface area contributed by atoms with Gasteiger partial charge in [-0.05, 0) is 49.4 Å². The van der Waals surface area contributed by atoms with E-state index in [0.29, 0.717) is 6.54 Å². The van der Waals surface area contributed by atoms with Gasteiger partial charge in [-0.2, -0.15) is 0 Å². The highest BCUT2D eigenvalue weighted by Gasteiger charge is 2.32. The van der Waals surface area contributed by atoms with Crippen LogP contribution in [0, 0.1) is 0 Å². The van der Waals surface area contributed by atoms with Crippen LogP contribution in [-0.2, 0) is 19.1 Å². The van der Waals surface area contributed by atoms with Crippen molar-refractivity contribution < 1.29 is 23.9 Å². The summed E-state index contributed by atoms with van der Waals surface area (Å²) in [5.41, 5.74) is 3.78. The number of nitrogens with one attached hydrogen (secondary N) is 1. The van der Waals surface area contributed by atoms with E-state index in [-0.39, 0.29) is 24.9 Å². The Morgan fingerprint density at radius 1 is 0.897 bits per heavy atom. The number of carbonyl (C=O) groups excluding carboxylic acids is 3. The van der Waals surface area contributed by atoms with E-state index in [4.69, 9.17) is 9.47 Å². The van der Waals surface area contributed by atoms with Crippen molar-refractivity contribution >= 4 is 18.0 Å². The van der Waals surface area contributed by atoms with Crippen LogP contribution in [0.25, 0.3) is 11.1 Å². The zero-order valence-corrected chi connectivity index (χ0v) is 24.1. The summed E-state index contributed by atoms with van der Waals surface area (Å²) in [5, 5.41) is 2.65. The van der Waals surface area contributed by atoms with E-state index in [1.807, 2.05) is 36.4 Å². The molecule has 39 heavy (non-hydrogen) atoms. The lowest BCUT2D eigenvalue weighted by Crippen LogP contribution is -2.49. The summed E-state index contributed by atoms with van der Waals surface area (Å²) in [6.45, 7) is 8.17. The number of alkyl carbamates (subject to hydrolysis) is 1. The Kier molecular flexibility index (Phi) is 11.0. The molecule has 0 spiro atoms. The second-order valence-electron chi connectivity index (χ2n) is 11.3. The molecule has 2 aromatic rings. The summed E-state index contributed by atoms with van der Waals surface area (Å²) in [6, 6.07) is 15.1. The van der Waals surface area contributed by atoms with Gasteiger partial charge in [0.05, 0.1) is 6.42 Å². The Labute approximate surface area is 233 Å². The molecule has 1 aliphatic rings. The predicted molar refractivity (Wildman–Crippen MR) is 153 cm³/mol. The molecule has 1 atom stereocenters. The number of likely N-dealkylation sites (N-methyl/N-ethyl adjacent to an activating group) is 1. The van der Waals surface area contributed by atoms with Gasteiger partial charge in [-0.25, -0.2) is 4.79 Å². The number of rotatable bonds is 13. The third-order valence-corrected chi connectivity index (χ3v) is 6.95. The van der Waals surface area contributed by atoms with Gasteiger partial charge in [0.25, 0.3) is 0 Å². The van der Waals surface area contributed by atoms with Crippen molar-refractivity contribution in [2.24, 2.45) is 0 Å². The first-order chi connectivity index (χ1) is 18.6. The smallest absolute Gasteiger partial charge is 0.407 e.